The van der Waals surface area contributed by atoms with Gasteiger partial charge < -0.3 is 0 Å². The Kier molecular flexibility index (Phi) is 2.58. The van der Waals surface area contributed by atoms with Crippen molar-refractivity contribution in [3.63, 3.8) is 0 Å². The highest BCUT2D eigenvalue weighted by Gasteiger charge is 2.17. The van der Waals surface area contributed by atoms with Gasteiger partial charge in [-0.15, -0.1) is 0 Å². The third-order valence-electron chi connectivity index (χ3n) is 2.09. The van der Waals surface area contributed by atoms with Gasteiger partial charge >= 0.3 is 0 Å². The van der Waals surface area contributed by atoms with E-state index in [2.05, 4.69) is 0 Å². The first-order valence-corrected chi connectivity index (χ1v) is 4.24. The molecule has 0 fully saturated rings. The van der Waals surface area contributed by atoms with Crippen LogP contribution in [0.3, 0.4) is 0 Å². The van der Waals surface area contributed by atoms with Crippen LogP contribution >= 0.6 is 0 Å². The summed E-state index contributed by atoms with van der Waals surface area (Å²) in [6.45, 7) is 3.98. The zero-order valence-corrected chi connectivity index (χ0v) is 7.48. The van der Waals surface area contributed by atoms with Crippen LogP contribution in [-0.2, 0) is 4.79 Å². The molecule has 1 rings (SSSR count). The molecule has 0 aromatic carbocycles. The Morgan fingerprint density at radius 1 is 1.25 bits per heavy atom. The van der Waals surface area contributed by atoms with Crippen molar-refractivity contribution in [1.82, 2.24) is 0 Å². The molecule has 0 radical (unpaired) electrons. The van der Waals surface area contributed by atoms with E-state index >= 15 is 0 Å². The van der Waals surface area contributed by atoms with Crippen molar-refractivity contribution in [2.75, 3.05) is 0 Å². The molecule has 0 bridgehead atoms. The molecule has 0 amide bonds. The minimum absolute atomic E-state index is 0.100. The Labute approximate surface area is 72.5 Å². The summed E-state index contributed by atoms with van der Waals surface area (Å²) in [5.74, 6) is -0.100. The molecule has 1 N–H and O–H groups in total. The first-order valence-electron chi connectivity index (χ1n) is 4.24. The summed E-state index contributed by atoms with van der Waals surface area (Å²) in [6.07, 6.45) is 5.07. The van der Waals surface area contributed by atoms with Crippen LogP contribution in [0.2, 0.25) is 0 Å². The van der Waals surface area contributed by atoms with Crippen molar-refractivity contribution in [2.24, 2.45) is 0 Å². The zero-order valence-electron chi connectivity index (χ0n) is 7.48. The quantitative estimate of drug-likeness (QED) is 0.623. The van der Waals surface area contributed by atoms with Gasteiger partial charge in [0.05, 0.1) is 0 Å². The Balaban J connectivity index is 3.09. The van der Waals surface area contributed by atoms with Crippen molar-refractivity contribution in [3.05, 3.63) is 23.3 Å². The molecule has 0 saturated carbocycles. The van der Waals surface area contributed by atoms with E-state index in [0.29, 0.717) is 0 Å². The number of allylic oxidation sites excluding steroid dienone is 4. The molecular weight excluding hydrogens is 150 g/mol. The van der Waals surface area contributed by atoms with Gasteiger partial charge in [-0.25, -0.2) is 0 Å². The van der Waals surface area contributed by atoms with Gasteiger partial charge in [-0.1, -0.05) is 19.9 Å². The Morgan fingerprint density at radius 3 is 2.42 bits per heavy atom. The van der Waals surface area contributed by atoms with Gasteiger partial charge in [0.25, 0.3) is 0 Å². The normalized spacial score (nSPS) is 17.5. The van der Waals surface area contributed by atoms with Crippen LogP contribution in [-0.4, -0.2) is 11.5 Å². The summed E-state index contributed by atoms with van der Waals surface area (Å²) < 4.78 is 0. The summed E-state index contributed by atoms with van der Waals surface area (Å²) in [7, 11) is 0. The van der Waals surface area contributed by atoms with Crippen LogP contribution in [0.25, 0.3) is 0 Å². The van der Waals surface area contributed by atoms with E-state index in [4.69, 9.17) is 5.41 Å². The van der Waals surface area contributed by atoms with Crippen LogP contribution in [0, 0.1) is 5.41 Å². The smallest absolute Gasteiger partial charge is 0.206 e. The Bertz CT molecular complexity index is 284. The van der Waals surface area contributed by atoms with Crippen molar-refractivity contribution < 1.29 is 4.79 Å². The molecule has 64 valence electrons. The second kappa shape index (κ2) is 3.48. The molecule has 0 saturated heterocycles. The standard InChI is InChI=1S/C10H13NO/c1-3-7-5-6-9(11)10(12)8(7)4-2/h5-6,11H,3-4H2,1-2H3. The Morgan fingerprint density at radius 2 is 1.92 bits per heavy atom. The average molecular weight is 163 g/mol. The molecule has 0 aromatic rings. The molecule has 1 aliphatic rings. The van der Waals surface area contributed by atoms with Crippen molar-refractivity contribution in [2.45, 2.75) is 26.7 Å². The van der Waals surface area contributed by atoms with Gasteiger partial charge in [0.2, 0.25) is 5.78 Å². The number of carbonyl (C=O) groups is 1. The predicted octanol–water partition coefficient (Wildman–Crippen LogP) is 2.26. The number of hydrogen-bond acceptors (Lipinski definition) is 2. The van der Waals surface area contributed by atoms with E-state index < -0.39 is 0 Å². The van der Waals surface area contributed by atoms with Crippen LogP contribution in [0.5, 0.6) is 0 Å². The number of carbonyl (C=O) groups excluding carboxylic acids is 1. The lowest BCUT2D eigenvalue weighted by molar-refractivity contribution is -0.109. The van der Waals surface area contributed by atoms with E-state index in [0.717, 1.165) is 24.0 Å². The summed E-state index contributed by atoms with van der Waals surface area (Å²) in [4.78, 5) is 11.4. The molecule has 0 aromatic heterocycles. The fourth-order valence-corrected chi connectivity index (χ4v) is 1.39. The molecule has 2 nitrogen and oxygen atoms in total. The molecule has 2 heteroatoms. The number of nitrogens with one attached hydrogen (secondary N) is 1. The van der Waals surface area contributed by atoms with Crippen LogP contribution in [0.1, 0.15) is 26.7 Å². The molecule has 0 atom stereocenters. The maximum atomic E-state index is 11.4. The SMILES string of the molecule is CCC1=C(CC)C(=O)C(=N)C=C1. The van der Waals surface area contributed by atoms with Crippen LogP contribution in [0.4, 0.5) is 0 Å². The lowest BCUT2D eigenvalue weighted by atomic mass is 9.92. The molecule has 0 aliphatic heterocycles. The molecule has 0 unspecified atom stereocenters. The Hall–Kier alpha value is -1.18. The zero-order chi connectivity index (χ0) is 9.14. The minimum atomic E-state index is -0.100. The number of hydrogen-bond donors (Lipinski definition) is 1. The first kappa shape index (κ1) is 8.91. The van der Waals surface area contributed by atoms with Gasteiger partial charge in [0, 0.05) is 5.57 Å². The van der Waals surface area contributed by atoms with E-state index in [-0.39, 0.29) is 11.5 Å². The van der Waals surface area contributed by atoms with Crippen LogP contribution in [0.15, 0.2) is 23.3 Å². The number of rotatable bonds is 2. The summed E-state index contributed by atoms with van der Waals surface area (Å²) >= 11 is 0. The lowest BCUT2D eigenvalue weighted by Gasteiger charge is -2.12. The molecule has 12 heavy (non-hydrogen) atoms. The van der Waals surface area contributed by atoms with Crippen LogP contribution < -0.4 is 0 Å². The van der Waals surface area contributed by atoms with Gasteiger partial charge in [0.15, 0.2) is 0 Å². The van der Waals surface area contributed by atoms with E-state index in [9.17, 15) is 4.79 Å². The summed E-state index contributed by atoms with van der Waals surface area (Å²) in [5, 5.41) is 7.32. The van der Waals surface area contributed by atoms with Crippen molar-refractivity contribution in [3.8, 4) is 0 Å². The molecular formula is C10H13NO. The highest BCUT2D eigenvalue weighted by Crippen LogP contribution is 2.19. The largest absolute Gasteiger partial charge is 0.297 e. The molecule has 0 spiro atoms. The van der Waals surface area contributed by atoms with Gasteiger partial charge in [-0.2, -0.15) is 0 Å². The topological polar surface area (TPSA) is 40.9 Å². The van der Waals surface area contributed by atoms with Gasteiger partial charge in [-0.3, -0.25) is 10.2 Å². The average Bonchev–Trinajstić information content (AvgIpc) is 2.09. The maximum absolute atomic E-state index is 11.4. The predicted molar refractivity (Wildman–Crippen MR) is 49.5 cm³/mol. The number of Topliss-reactive ketones (excluding diaryl/α,β-unsaturated/α-hetero) is 1. The third kappa shape index (κ3) is 1.37. The fraction of sp³-hybridized carbons (Fsp3) is 0.400. The van der Waals surface area contributed by atoms with E-state index in [1.54, 1.807) is 6.08 Å². The lowest BCUT2D eigenvalue weighted by Crippen LogP contribution is -2.17. The third-order valence-corrected chi connectivity index (χ3v) is 2.09. The maximum Gasteiger partial charge on any atom is 0.206 e. The van der Waals surface area contributed by atoms with Crippen molar-refractivity contribution in [1.29, 1.82) is 5.41 Å². The second-order valence-corrected chi connectivity index (χ2v) is 2.79. The second-order valence-electron chi connectivity index (χ2n) is 2.79. The number of ketones is 1. The minimum Gasteiger partial charge on any atom is -0.297 e. The molecule has 1 aliphatic carbocycles. The first-order chi connectivity index (χ1) is 5.70. The highest BCUT2D eigenvalue weighted by atomic mass is 16.1. The van der Waals surface area contributed by atoms with Crippen molar-refractivity contribution >= 4 is 11.5 Å². The fourth-order valence-electron chi connectivity index (χ4n) is 1.39. The summed E-state index contributed by atoms with van der Waals surface area (Å²) in [6, 6.07) is 0. The molecule has 0 heterocycles. The highest BCUT2D eigenvalue weighted by molar-refractivity contribution is 6.49. The summed E-state index contributed by atoms with van der Waals surface area (Å²) in [5.41, 5.74) is 2.01. The van der Waals surface area contributed by atoms with Gasteiger partial charge in [-0.05, 0) is 24.5 Å². The van der Waals surface area contributed by atoms with Gasteiger partial charge in [0.1, 0.15) is 5.71 Å². The van der Waals surface area contributed by atoms with E-state index in [1.165, 1.54) is 0 Å². The van der Waals surface area contributed by atoms with E-state index in [1.807, 2.05) is 19.9 Å². The monoisotopic (exact) mass is 163 g/mol.